The summed E-state index contributed by atoms with van der Waals surface area (Å²) >= 11 is 0. The van der Waals surface area contributed by atoms with E-state index in [1.54, 1.807) is 6.08 Å². The van der Waals surface area contributed by atoms with E-state index in [9.17, 15) is 9.90 Å². The van der Waals surface area contributed by atoms with Crippen molar-refractivity contribution < 1.29 is 28.8 Å². The number of rotatable bonds is 6. The molecule has 6 heteroatoms. The molecule has 2 fully saturated rings. The van der Waals surface area contributed by atoms with Crippen LogP contribution in [-0.2, 0) is 23.7 Å². The molecule has 0 radical (unpaired) electrons. The van der Waals surface area contributed by atoms with Crippen LogP contribution in [0, 0.1) is 0 Å². The molecule has 126 valence electrons. The van der Waals surface area contributed by atoms with Gasteiger partial charge in [0.05, 0.1) is 6.10 Å². The number of carbonyl (C=O) groups excluding carboxylic acids is 1. The van der Waals surface area contributed by atoms with E-state index in [2.05, 4.69) is 0 Å². The summed E-state index contributed by atoms with van der Waals surface area (Å²) in [6, 6.07) is 0. The molecule has 0 bridgehead atoms. The maximum absolute atomic E-state index is 11.5. The molecule has 0 spiro atoms. The number of hydrogen-bond acceptors (Lipinski definition) is 6. The molecular formula is C16H26O6. The second-order valence-corrected chi connectivity index (χ2v) is 6.81. The van der Waals surface area contributed by atoms with Crippen LogP contribution in [-0.4, -0.2) is 47.6 Å². The smallest absolute Gasteiger partial charge is 0.330 e. The molecule has 22 heavy (non-hydrogen) atoms. The zero-order valence-corrected chi connectivity index (χ0v) is 13.7. The molecule has 0 aliphatic carbocycles. The third kappa shape index (κ3) is 5.68. The van der Waals surface area contributed by atoms with Crippen LogP contribution in [0.2, 0.25) is 0 Å². The summed E-state index contributed by atoms with van der Waals surface area (Å²) in [5.74, 6) is -0.343. The minimum Gasteiger partial charge on any atom is -0.457 e. The van der Waals surface area contributed by atoms with Crippen LogP contribution in [0.25, 0.3) is 0 Å². The van der Waals surface area contributed by atoms with Crippen molar-refractivity contribution >= 4 is 5.97 Å². The van der Waals surface area contributed by atoms with Crippen molar-refractivity contribution in [3.8, 4) is 0 Å². The maximum atomic E-state index is 11.5. The molecule has 2 rings (SSSR count). The minimum atomic E-state index is -0.650. The van der Waals surface area contributed by atoms with Gasteiger partial charge in [0.1, 0.15) is 17.8 Å². The van der Waals surface area contributed by atoms with Gasteiger partial charge < -0.3 is 24.1 Å². The quantitative estimate of drug-likeness (QED) is 0.458. The topological polar surface area (TPSA) is 77.5 Å². The van der Waals surface area contributed by atoms with Gasteiger partial charge in [-0.2, -0.15) is 0 Å². The number of epoxide rings is 1. The van der Waals surface area contributed by atoms with Gasteiger partial charge in [-0.15, -0.1) is 0 Å². The first-order chi connectivity index (χ1) is 10.2. The normalized spacial score (nSPS) is 32.6. The van der Waals surface area contributed by atoms with Crippen molar-refractivity contribution in [1.29, 1.82) is 0 Å². The molecule has 6 nitrogen and oxygen atoms in total. The fraction of sp³-hybridized carbons (Fsp3) is 0.812. The van der Waals surface area contributed by atoms with Gasteiger partial charge in [-0.1, -0.05) is 6.08 Å². The Morgan fingerprint density at radius 2 is 2.14 bits per heavy atom. The monoisotopic (exact) mass is 314 g/mol. The van der Waals surface area contributed by atoms with E-state index in [1.165, 1.54) is 6.08 Å². The van der Waals surface area contributed by atoms with E-state index in [0.717, 1.165) is 6.42 Å². The largest absolute Gasteiger partial charge is 0.457 e. The lowest BCUT2D eigenvalue weighted by atomic mass is 10.1. The number of ether oxygens (including phenoxy) is 4. The van der Waals surface area contributed by atoms with Crippen molar-refractivity contribution in [2.45, 2.75) is 83.5 Å². The number of aliphatic hydroxyl groups is 1. The Hall–Kier alpha value is -0.950. The number of hydrogen-bond donors (Lipinski definition) is 1. The first-order valence-electron chi connectivity index (χ1n) is 7.78. The number of carbonyl (C=O) groups is 1. The number of allylic oxidation sites excluding steroid dienone is 1. The third-order valence-electron chi connectivity index (χ3n) is 3.36. The molecule has 0 aromatic carbocycles. The van der Waals surface area contributed by atoms with Crippen LogP contribution < -0.4 is 0 Å². The summed E-state index contributed by atoms with van der Waals surface area (Å²) in [4.78, 5) is 11.5. The molecule has 2 saturated heterocycles. The Morgan fingerprint density at radius 1 is 1.41 bits per heavy atom. The van der Waals surface area contributed by atoms with E-state index >= 15 is 0 Å². The average Bonchev–Trinajstić information content (AvgIpc) is 3.10. The SMILES string of the molecule is CC(CC/C=C/C(=O)OC(C)(C)C)O[C@@H]1OC2O[C@@H]2C[C@@H]1O. The highest BCUT2D eigenvalue weighted by molar-refractivity contribution is 5.82. The van der Waals surface area contributed by atoms with Crippen LogP contribution in [0.15, 0.2) is 12.2 Å². The average molecular weight is 314 g/mol. The molecule has 0 saturated carbocycles. The van der Waals surface area contributed by atoms with Crippen LogP contribution >= 0.6 is 0 Å². The zero-order valence-electron chi connectivity index (χ0n) is 13.7. The van der Waals surface area contributed by atoms with Gasteiger partial charge >= 0.3 is 5.97 Å². The lowest BCUT2D eigenvalue weighted by molar-refractivity contribution is -0.238. The van der Waals surface area contributed by atoms with Crippen LogP contribution in [0.5, 0.6) is 0 Å². The van der Waals surface area contributed by atoms with Gasteiger partial charge in [0.15, 0.2) is 12.6 Å². The maximum Gasteiger partial charge on any atom is 0.330 e. The third-order valence-corrected chi connectivity index (χ3v) is 3.36. The van der Waals surface area contributed by atoms with Gasteiger partial charge in [-0.05, 0) is 40.5 Å². The number of esters is 1. The van der Waals surface area contributed by atoms with Crippen LogP contribution in [0.1, 0.15) is 47.0 Å². The lowest BCUT2D eigenvalue weighted by Gasteiger charge is -2.28. The molecule has 2 aliphatic heterocycles. The molecule has 5 atom stereocenters. The number of aliphatic hydroxyl groups excluding tert-OH is 1. The minimum absolute atomic E-state index is 0.0296. The molecule has 0 aromatic rings. The summed E-state index contributed by atoms with van der Waals surface area (Å²) in [6.45, 7) is 7.41. The second kappa shape index (κ2) is 7.08. The van der Waals surface area contributed by atoms with E-state index in [4.69, 9.17) is 18.9 Å². The standard InChI is InChI=1S/C16H26O6/c1-10(7-5-6-8-13(18)22-16(2,3)4)19-14-11(17)9-12-15(20-12)21-14/h6,8,10-12,14-15,17H,5,7,9H2,1-4H3/b8-6+/t10?,11-,12+,14+,15?/m0/s1. The Bertz CT molecular complexity index is 413. The summed E-state index contributed by atoms with van der Waals surface area (Å²) in [7, 11) is 0. The molecule has 2 unspecified atom stereocenters. The summed E-state index contributed by atoms with van der Waals surface area (Å²) in [5.41, 5.74) is -0.477. The van der Waals surface area contributed by atoms with E-state index in [1.807, 2.05) is 27.7 Å². The highest BCUT2D eigenvalue weighted by atomic mass is 16.8. The Balaban J connectivity index is 1.63. The van der Waals surface area contributed by atoms with Gasteiger partial charge in [0.2, 0.25) is 0 Å². The number of fused-ring (bicyclic) bond motifs is 1. The first-order valence-corrected chi connectivity index (χ1v) is 7.78. The highest BCUT2D eigenvalue weighted by Crippen LogP contribution is 2.36. The van der Waals surface area contributed by atoms with Gasteiger partial charge in [-0.25, -0.2) is 4.79 Å². The van der Waals surface area contributed by atoms with Crippen molar-refractivity contribution in [3.63, 3.8) is 0 Å². The lowest BCUT2D eigenvalue weighted by Crippen LogP contribution is -2.40. The summed E-state index contributed by atoms with van der Waals surface area (Å²) in [6.07, 6.45) is 3.62. The second-order valence-electron chi connectivity index (χ2n) is 6.81. The van der Waals surface area contributed by atoms with E-state index < -0.39 is 18.0 Å². The Kier molecular flexibility index (Phi) is 5.60. The molecule has 0 aromatic heterocycles. The predicted molar refractivity (Wildman–Crippen MR) is 78.9 cm³/mol. The van der Waals surface area contributed by atoms with Gasteiger partial charge in [-0.3, -0.25) is 0 Å². The summed E-state index contributed by atoms with van der Waals surface area (Å²) < 4.78 is 21.5. The highest BCUT2D eigenvalue weighted by Gasteiger charge is 2.50. The molecule has 0 amide bonds. The molecule has 2 aliphatic rings. The van der Waals surface area contributed by atoms with Crippen LogP contribution in [0.3, 0.4) is 0 Å². The van der Waals surface area contributed by atoms with Gasteiger partial charge in [0, 0.05) is 12.5 Å². The van der Waals surface area contributed by atoms with Crippen LogP contribution in [0.4, 0.5) is 0 Å². The molecular weight excluding hydrogens is 288 g/mol. The van der Waals surface area contributed by atoms with Crippen molar-refractivity contribution in [2.75, 3.05) is 0 Å². The fourth-order valence-electron chi connectivity index (χ4n) is 2.25. The Morgan fingerprint density at radius 3 is 2.82 bits per heavy atom. The zero-order chi connectivity index (χ0) is 16.3. The molecule has 1 N–H and O–H groups in total. The van der Waals surface area contributed by atoms with Crippen molar-refractivity contribution in [3.05, 3.63) is 12.2 Å². The predicted octanol–water partition coefficient (Wildman–Crippen LogP) is 1.90. The fourth-order valence-corrected chi connectivity index (χ4v) is 2.25. The Labute approximate surface area is 131 Å². The van der Waals surface area contributed by atoms with E-state index in [-0.39, 0.29) is 24.5 Å². The first kappa shape index (κ1) is 17.4. The van der Waals surface area contributed by atoms with E-state index in [0.29, 0.717) is 12.8 Å². The van der Waals surface area contributed by atoms with Crippen molar-refractivity contribution in [2.24, 2.45) is 0 Å². The summed E-state index contributed by atoms with van der Waals surface area (Å²) in [5, 5.41) is 9.86. The molecule has 2 heterocycles. The van der Waals surface area contributed by atoms with Gasteiger partial charge in [0.25, 0.3) is 0 Å². The van der Waals surface area contributed by atoms with Crippen molar-refractivity contribution in [1.82, 2.24) is 0 Å².